The Labute approximate surface area is 103 Å². The molecule has 0 aliphatic rings. The van der Waals surface area contributed by atoms with Crippen LogP contribution in [0.3, 0.4) is 0 Å². The first-order valence-corrected chi connectivity index (χ1v) is 6.28. The average molecular weight is 264 g/mol. The number of nitriles is 1. The maximum absolute atomic E-state index is 11.5. The first-order chi connectivity index (χ1) is 8.45. The Bertz CT molecular complexity index is 728. The molecule has 0 saturated carbocycles. The van der Waals surface area contributed by atoms with E-state index >= 15 is 0 Å². The van der Waals surface area contributed by atoms with Gasteiger partial charge in [-0.3, -0.25) is 4.98 Å². The fourth-order valence-electron chi connectivity index (χ4n) is 1.45. The standard InChI is InChI=1S/C9H8N6O2S/c1-6-7(4-10)9(18(11,16)17)15(14-6)8-5-12-2-3-13-8/h2-3,5H,1H3,(H2,11,16,17). The number of primary sulfonamides is 1. The van der Waals surface area contributed by atoms with Gasteiger partial charge in [0, 0.05) is 12.4 Å². The summed E-state index contributed by atoms with van der Waals surface area (Å²) >= 11 is 0. The molecule has 2 N–H and O–H groups in total. The lowest BCUT2D eigenvalue weighted by molar-refractivity contribution is 0.586. The minimum atomic E-state index is -4.09. The third kappa shape index (κ3) is 1.94. The molecule has 2 heterocycles. The van der Waals surface area contributed by atoms with E-state index in [4.69, 9.17) is 10.4 Å². The number of aryl methyl sites for hydroxylation is 1. The second-order valence-corrected chi connectivity index (χ2v) is 4.87. The summed E-state index contributed by atoms with van der Waals surface area (Å²) in [6, 6.07) is 1.77. The number of hydrogen-bond acceptors (Lipinski definition) is 6. The van der Waals surface area contributed by atoms with E-state index in [1.807, 2.05) is 0 Å². The van der Waals surface area contributed by atoms with Crippen LogP contribution in [0.1, 0.15) is 11.3 Å². The minimum Gasteiger partial charge on any atom is -0.259 e. The third-order valence-electron chi connectivity index (χ3n) is 2.17. The zero-order valence-electron chi connectivity index (χ0n) is 9.27. The molecule has 2 rings (SSSR count). The molecule has 0 radical (unpaired) electrons. The summed E-state index contributed by atoms with van der Waals surface area (Å²) in [6.45, 7) is 1.51. The van der Waals surface area contributed by atoms with Crippen molar-refractivity contribution in [3.05, 3.63) is 29.8 Å². The molecule has 2 aromatic heterocycles. The Morgan fingerprint density at radius 1 is 1.44 bits per heavy atom. The van der Waals surface area contributed by atoms with Crippen molar-refractivity contribution in [2.24, 2.45) is 5.14 Å². The van der Waals surface area contributed by atoms with Crippen molar-refractivity contribution in [1.82, 2.24) is 19.7 Å². The van der Waals surface area contributed by atoms with Crippen molar-refractivity contribution in [1.29, 1.82) is 5.26 Å². The van der Waals surface area contributed by atoms with Crippen LogP contribution in [0.2, 0.25) is 0 Å². The van der Waals surface area contributed by atoms with Crippen LogP contribution in [0.4, 0.5) is 0 Å². The first kappa shape index (κ1) is 12.2. The number of sulfonamides is 1. The van der Waals surface area contributed by atoms with Gasteiger partial charge in [-0.05, 0) is 6.92 Å². The van der Waals surface area contributed by atoms with Gasteiger partial charge in [-0.2, -0.15) is 15.0 Å². The summed E-state index contributed by atoms with van der Waals surface area (Å²) in [5, 5.41) is 17.6. The molecular formula is C9H8N6O2S. The number of hydrogen-bond donors (Lipinski definition) is 1. The fraction of sp³-hybridized carbons (Fsp3) is 0.111. The molecule has 8 nitrogen and oxygen atoms in total. The van der Waals surface area contributed by atoms with Crippen LogP contribution in [0.25, 0.3) is 5.82 Å². The summed E-state index contributed by atoms with van der Waals surface area (Å²) < 4.78 is 24.1. The Kier molecular flexibility index (Phi) is 2.82. The molecule has 0 atom stereocenters. The average Bonchev–Trinajstić information content (AvgIpc) is 2.67. The monoisotopic (exact) mass is 264 g/mol. The minimum absolute atomic E-state index is 0.0943. The van der Waals surface area contributed by atoms with E-state index in [9.17, 15) is 8.42 Å². The highest BCUT2D eigenvalue weighted by atomic mass is 32.2. The molecule has 0 bridgehead atoms. The van der Waals surface area contributed by atoms with Crippen LogP contribution in [0, 0.1) is 18.3 Å². The molecule has 2 aromatic rings. The van der Waals surface area contributed by atoms with Crippen LogP contribution < -0.4 is 5.14 Å². The summed E-state index contributed by atoms with van der Waals surface area (Å²) in [4.78, 5) is 7.73. The molecule has 92 valence electrons. The van der Waals surface area contributed by atoms with Gasteiger partial charge in [-0.25, -0.2) is 18.5 Å². The summed E-state index contributed by atoms with van der Waals surface area (Å²) in [7, 11) is -4.09. The lowest BCUT2D eigenvalue weighted by Crippen LogP contribution is -2.19. The normalized spacial score (nSPS) is 11.2. The number of aromatic nitrogens is 4. The molecule has 9 heteroatoms. The van der Waals surface area contributed by atoms with Gasteiger partial charge in [0.1, 0.15) is 11.6 Å². The van der Waals surface area contributed by atoms with Gasteiger partial charge < -0.3 is 0 Å². The van der Waals surface area contributed by atoms with Crippen molar-refractivity contribution in [3.8, 4) is 11.9 Å². The summed E-state index contributed by atoms with van der Waals surface area (Å²) in [5.74, 6) is 0.172. The van der Waals surface area contributed by atoms with Gasteiger partial charge in [0.25, 0.3) is 10.0 Å². The Hall–Kier alpha value is -2.31. The van der Waals surface area contributed by atoms with Gasteiger partial charge in [0.05, 0.1) is 11.9 Å². The highest BCUT2D eigenvalue weighted by Gasteiger charge is 2.25. The quantitative estimate of drug-likeness (QED) is 0.778. The number of rotatable bonds is 2. The second-order valence-electron chi connectivity index (χ2n) is 3.40. The van der Waals surface area contributed by atoms with Crippen molar-refractivity contribution in [2.45, 2.75) is 11.9 Å². The molecule has 0 fully saturated rings. The third-order valence-corrected chi connectivity index (χ3v) is 3.08. The van der Waals surface area contributed by atoms with E-state index in [2.05, 4.69) is 15.1 Å². The molecule has 18 heavy (non-hydrogen) atoms. The first-order valence-electron chi connectivity index (χ1n) is 4.74. The van der Waals surface area contributed by atoms with Gasteiger partial charge in [-0.15, -0.1) is 0 Å². The van der Waals surface area contributed by atoms with Gasteiger partial charge >= 0.3 is 0 Å². The van der Waals surface area contributed by atoms with E-state index in [1.54, 1.807) is 6.07 Å². The van der Waals surface area contributed by atoms with Crippen molar-refractivity contribution in [3.63, 3.8) is 0 Å². The van der Waals surface area contributed by atoms with Crippen LogP contribution in [0.15, 0.2) is 23.6 Å². The van der Waals surface area contributed by atoms with E-state index in [1.165, 1.54) is 25.5 Å². The fourth-order valence-corrected chi connectivity index (χ4v) is 2.31. The highest BCUT2D eigenvalue weighted by Crippen LogP contribution is 2.19. The van der Waals surface area contributed by atoms with Crippen LogP contribution >= 0.6 is 0 Å². The predicted molar refractivity (Wildman–Crippen MR) is 60.0 cm³/mol. The van der Waals surface area contributed by atoms with E-state index in [-0.39, 0.29) is 22.1 Å². The van der Waals surface area contributed by atoms with E-state index < -0.39 is 10.0 Å². The number of nitrogens with zero attached hydrogens (tertiary/aromatic N) is 5. The van der Waals surface area contributed by atoms with Gasteiger partial charge in [0.15, 0.2) is 10.8 Å². The van der Waals surface area contributed by atoms with Gasteiger partial charge in [-0.1, -0.05) is 0 Å². The predicted octanol–water partition coefficient (Wildman–Crippen LogP) is -0.510. The van der Waals surface area contributed by atoms with Crippen molar-refractivity contribution < 1.29 is 8.42 Å². The Morgan fingerprint density at radius 2 is 2.17 bits per heavy atom. The van der Waals surface area contributed by atoms with Crippen LogP contribution in [-0.4, -0.2) is 28.2 Å². The molecule has 0 aromatic carbocycles. The number of nitrogens with two attached hydrogens (primary N) is 1. The lowest BCUT2D eigenvalue weighted by Gasteiger charge is -2.03. The van der Waals surface area contributed by atoms with Gasteiger partial charge in [0.2, 0.25) is 0 Å². The van der Waals surface area contributed by atoms with Crippen LogP contribution in [0.5, 0.6) is 0 Å². The SMILES string of the molecule is Cc1nn(-c2cnccn2)c(S(N)(=O)=O)c1C#N. The smallest absolute Gasteiger partial charge is 0.257 e. The van der Waals surface area contributed by atoms with Crippen molar-refractivity contribution >= 4 is 10.0 Å². The highest BCUT2D eigenvalue weighted by molar-refractivity contribution is 7.89. The van der Waals surface area contributed by atoms with Crippen LogP contribution in [-0.2, 0) is 10.0 Å². The molecule has 0 amide bonds. The summed E-state index contributed by atoms with van der Waals surface area (Å²) in [6.07, 6.45) is 4.13. The molecule has 0 aliphatic heterocycles. The maximum Gasteiger partial charge on any atom is 0.257 e. The Balaban J connectivity index is 2.83. The van der Waals surface area contributed by atoms with E-state index in [0.717, 1.165) is 4.68 Å². The summed E-state index contributed by atoms with van der Waals surface area (Å²) in [5.41, 5.74) is 0.162. The maximum atomic E-state index is 11.5. The molecule has 0 saturated heterocycles. The van der Waals surface area contributed by atoms with E-state index in [0.29, 0.717) is 0 Å². The zero-order chi connectivity index (χ0) is 13.3. The molecule has 0 spiro atoms. The molecule has 0 aliphatic carbocycles. The zero-order valence-corrected chi connectivity index (χ0v) is 10.1. The second kappa shape index (κ2) is 4.17. The van der Waals surface area contributed by atoms with Crippen molar-refractivity contribution in [2.75, 3.05) is 0 Å². The largest absolute Gasteiger partial charge is 0.259 e. The molecular weight excluding hydrogens is 256 g/mol. The lowest BCUT2D eigenvalue weighted by atomic mass is 10.3. The molecule has 0 unspecified atom stereocenters. The topological polar surface area (TPSA) is 128 Å². The Morgan fingerprint density at radius 3 is 2.67 bits per heavy atom.